The van der Waals surface area contributed by atoms with Crippen molar-refractivity contribution in [2.75, 3.05) is 6.54 Å². The van der Waals surface area contributed by atoms with Gasteiger partial charge in [0.25, 0.3) is 0 Å². The molecule has 0 saturated heterocycles. The summed E-state index contributed by atoms with van der Waals surface area (Å²) >= 11 is 1.55. The first-order valence-electron chi connectivity index (χ1n) is 5.51. The number of carbonyl (C=O) groups excluding carboxylic acids is 1. The van der Waals surface area contributed by atoms with Gasteiger partial charge in [-0.1, -0.05) is 0 Å². The molecule has 0 atom stereocenters. The van der Waals surface area contributed by atoms with Gasteiger partial charge in [-0.25, -0.2) is 9.78 Å². The number of aromatic nitrogens is 1. The van der Waals surface area contributed by atoms with Crippen molar-refractivity contribution < 1.29 is 14.7 Å². The van der Waals surface area contributed by atoms with E-state index < -0.39 is 5.97 Å². The minimum atomic E-state index is -1.07. The van der Waals surface area contributed by atoms with Gasteiger partial charge in [0.15, 0.2) is 0 Å². The Morgan fingerprint density at radius 3 is 2.56 bits per heavy atom. The molecule has 2 N–H and O–H groups in total. The molecule has 1 amide bonds. The zero-order valence-electron chi connectivity index (χ0n) is 10.6. The topological polar surface area (TPSA) is 79.3 Å². The van der Waals surface area contributed by atoms with Gasteiger partial charge in [-0.15, -0.1) is 11.3 Å². The number of hydrogen-bond donors (Lipinski definition) is 2. The SMILES string of the molecule is CC(C(=O)O)=C(C)C(=O)NCCc1nc(C)cs1. The van der Waals surface area contributed by atoms with E-state index in [4.69, 9.17) is 5.11 Å². The molecule has 0 aliphatic heterocycles. The van der Waals surface area contributed by atoms with Gasteiger partial charge < -0.3 is 10.4 Å². The van der Waals surface area contributed by atoms with E-state index in [-0.39, 0.29) is 17.1 Å². The molecule has 0 fully saturated rings. The van der Waals surface area contributed by atoms with Gasteiger partial charge in [-0.2, -0.15) is 0 Å². The molecule has 1 rings (SSSR count). The van der Waals surface area contributed by atoms with Crippen molar-refractivity contribution in [2.24, 2.45) is 0 Å². The van der Waals surface area contributed by atoms with Crippen molar-refractivity contribution >= 4 is 23.2 Å². The summed E-state index contributed by atoms with van der Waals surface area (Å²) in [6.07, 6.45) is 0.656. The number of nitrogens with one attached hydrogen (secondary N) is 1. The number of hydrogen-bond acceptors (Lipinski definition) is 4. The van der Waals surface area contributed by atoms with E-state index in [2.05, 4.69) is 10.3 Å². The van der Waals surface area contributed by atoms with Crippen LogP contribution in [0, 0.1) is 6.92 Å². The molecule has 0 spiro atoms. The lowest BCUT2D eigenvalue weighted by molar-refractivity contribution is -0.133. The van der Waals surface area contributed by atoms with Crippen molar-refractivity contribution in [3.05, 3.63) is 27.2 Å². The third kappa shape index (κ3) is 3.96. The fraction of sp³-hybridized carbons (Fsp3) is 0.417. The second kappa shape index (κ2) is 6.30. The van der Waals surface area contributed by atoms with Crippen molar-refractivity contribution in [3.8, 4) is 0 Å². The second-order valence-corrected chi connectivity index (χ2v) is 4.89. The number of carboxylic acids is 1. The smallest absolute Gasteiger partial charge is 0.331 e. The molecule has 0 aliphatic carbocycles. The molecule has 0 aliphatic rings. The van der Waals surface area contributed by atoms with Crippen LogP contribution in [0.5, 0.6) is 0 Å². The summed E-state index contributed by atoms with van der Waals surface area (Å²) in [5, 5.41) is 14.4. The van der Waals surface area contributed by atoms with Gasteiger partial charge in [0, 0.05) is 35.2 Å². The lowest BCUT2D eigenvalue weighted by Crippen LogP contribution is -2.27. The van der Waals surface area contributed by atoms with Gasteiger partial charge in [-0.05, 0) is 20.8 Å². The molecule has 1 heterocycles. The highest BCUT2D eigenvalue weighted by Crippen LogP contribution is 2.09. The lowest BCUT2D eigenvalue weighted by Gasteiger charge is -2.05. The van der Waals surface area contributed by atoms with E-state index in [1.807, 2.05) is 12.3 Å². The van der Waals surface area contributed by atoms with Crippen molar-refractivity contribution in [3.63, 3.8) is 0 Å². The summed E-state index contributed by atoms with van der Waals surface area (Å²) in [6, 6.07) is 0. The van der Waals surface area contributed by atoms with Crippen molar-refractivity contribution in [2.45, 2.75) is 27.2 Å². The van der Waals surface area contributed by atoms with E-state index in [0.717, 1.165) is 10.7 Å². The highest BCUT2D eigenvalue weighted by molar-refractivity contribution is 7.09. The molecule has 1 aromatic rings. The largest absolute Gasteiger partial charge is 0.478 e. The molecule has 1 aromatic heterocycles. The average Bonchev–Trinajstić information content (AvgIpc) is 2.72. The number of amides is 1. The summed E-state index contributed by atoms with van der Waals surface area (Å²) in [5.74, 6) is -1.42. The van der Waals surface area contributed by atoms with Crippen LogP contribution in [0.25, 0.3) is 0 Å². The van der Waals surface area contributed by atoms with Gasteiger partial charge in [-0.3, -0.25) is 4.79 Å². The second-order valence-electron chi connectivity index (χ2n) is 3.94. The summed E-state index contributed by atoms with van der Waals surface area (Å²) in [6.45, 7) is 5.30. The Labute approximate surface area is 110 Å². The van der Waals surface area contributed by atoms with E-state index in [9.17, 15) is 9.59 Å². The summed E-state index contributed by atoms with van der Waals surface area (Å²) in [7, 11) is 0. The molecule has 0 saturated carbocycles. The molecule has 98 valence electrons. The van der Waals surface area contributed by atoms with Crippen LogP contribution in [-0.2, 0) is 16.0 Å². The molecule has 0 aromatic carbocycles. The third-order valence-electron chi connectivity index (χ3n) is 2.51. The standard InChI is InChI=1S/C12H16N2O3S/c1-7-6-18-10(14-7)4-5-13-11(15)8(2)9(3)12(16)17/h6H,4-5H2,1-3H3,(H,13,15)(H,16,17). The van der Waals surface area contributed by atoms with Crippen molar-refractivity contribution in [1.29, 1.82) is 0 Å². The van der Waals surface area contributed by atoms with E-state index in [1.165, 1.54) is 13.8 Å². The number of rotatable bonds is 5. The van der Waals surface area contributed by atoms with E-state index >= 15 is 0 Å². The molecule has 0 unspecified atom stereocenters. The van der Waals surface area contributed by atoms with Crippen LogP contribution >= 0.6 is 11.3 Å². The zero-order valence-corrected chi connectivity index (χ0v) is 11.4. The first kappa shape index (κ1) is 14.4. The van der Waals surface area contributed by atoms with Gasteiger partial charge >= 0.3 is 5.97 Å². The summed E-state index contributed by atoms with van der Waals surface area (Å²) < 4.78 is 0. The van der Waals surface area contributed by atoms with Gasteiger partial charge in [0.1, 0.15) is 0 Å². The molecular weight excluding hydrogens is 252 g/mol. The quantitative estimate of drug-likeness (QED) is 0.794. The summed E-state index contributed by atoms with van der Waals surface area (Å²) in [5.41, 5.74) is 1.27. The Morgan fingerprint density at radius 1 is 1.39 bits per heavy atom. The Morgan fingerprint density at radius 2 is 2.06 bits per heavy atom. The van der Waals surface area contributed by atoms with Crippen LogP contribution in [0.2, 0.25) is 0 Å². The lowest BCUT2D eigenvalue weighted by atomic mass is 10.1. The average molecular weight is 268 g/mol. The normalized spacial score (nSPS) is 11.9. The number of carbonyl (C=O) groups is 2. The van der Waals surface area contributed by atoms with Crippen LogP contribution in [-0.4, -0.2) is 28.5 Å². The van der Waals surface area contributed by atoms with Crippen LogP contribution in [0.4, 0.5) is 0 Å². The molecule has 18 heavy (non-hydrogen) atoms. The van der Waals surface area contributed by atoms with Crippen LogP contribution < -0.4 is 5.32 Å². The van der Waals surface area contributed by atoms with E-state index in [1.54, 1.807) is 11.3 Å². The van der Waals surface area contributed by atoms with Crippen molar-refractivity contribution in [1.82, 2.24) is 10.3 Å². The predicted octanol–water partition coefficient (Wildman–Crippen LogP) is 1.53. The number of aryl methyl sites for hydroxylation is 1. The summed E-state index contributed by atoms with van der Waals surface area (Å²) in [4.78, 5) is 26.6. The number of aliphatic carboxylic acids is 1. The number of thiazole rings is 1. The Bertz CT molecular complexity index is 491. The maximum absolute atomic E-state index is 11.6. The first-order chi connectivity index (χ1) is 8.41. The third-order valence-corrected chi connectivity index (χ3v) is 3.54. The van der Waals surface area contributed by atoms with Gasteiger partial charge in [0.05, 0.1) is 5.01 Å². The molecule has 5 nitrogen and oxygen atoms in total. The number of nitrogens with zero attached hydrogens (tertiary/aromatic N) is 1. The number of carboxylic acid groups (broad SMARTS) is 1. The van der Waals surface area contributed by atoms with Crippen LogP contribution in [0.1, 0.15) is 24.5 Å². The Kier molecular flexibility index (Phi) is 5.03. The minimum absolute atomic E-state index is 0.0672. The minimum Gasteiger partial charge on any atom is -0.478 e. The molecular formula is C12H16N2O3S. The fourth-order valence-corrected chi connectivity index (χ4v) is 2.04. The zero-order chi connectivity index (χ0) is 13.7. The van der Waals surface area contributed by atoms with Gasteiger partial charge in [0.2, 0.25) is 5.91 Å². The highest BCUT2D eigenvalue weighted by Gasteiger charge is 2.12. The fourth-order valence-electron chi connectivity index (χ4n) is 1.26. The van der Waals surface area contributed by atoms with Crippen LogP contribution in [0.3, 0.4) is 0 Å². The van der Waals surface area contributed by atoms with Crippen LogP contribution in [0.15, 0.2) is 16.5 Å². The first-order valence-corrected chi connectivity index (χ1v) is 6.39. The maximum Gasteiger partial charge on any atom is 0.331 e. The molecule has 6 heteroatoms. The molecule has 0 bridgehead atoms. The Balaban J connectivity index is 2.47. The Hall–Kier alpha value is -1.69. The highest BCUT2D eigenvalue weighted by atomic mass is 32.1. The monoisotopic (exact) mass is 268 g/mol. The predicted molar refractivity (Wildman–Crippen MR) is 69.6 cm³/mol. The van der Waals surface area contributed by atoms with E-state index in [0.29, 0.717) is 13.0 Å². The maximum atomic E-state index is 11.6. The molecule has 0 radical (unpaired) electrons.